The van der Waals surface area contributed by atoms with Gasteiger partial charge in [-0.15, -0.1) is 0 Å². The van der Waals surface area contributed by atoms with Gasteiger partial charge in [-0.2, -0.15) is 0 Å². The van der Waals surface area contributed by atoms with Crippen LogP contribution in [0, 0.1) is 17.7 Å². The maximum absolute atomic E-state index is 13.4. The Balaban J connectivity index is 2.22. The summed E-state index contributed by atoms with van der Waals surface area (Å²) >= 11 is 0. The molecule has 1 aromatic rings. The number of hydrogen-bond acceptors (Lipinski definition) is 3. The minimum Gasteiger partial charge on any atom is -0.370 e. The second kappa shape index (κ2) is 6.20. The molecule has 110 valence electrons. The highest BCUT2D eigenvalue weighted by Gasteiger charge is 2.28. The monoisotopic (exact) mass is 279 g/mol. The molecule has 1 fully saturated rings. The van der Waals surface area contributed by atoms with Gasteiger partial charge in [0.05, 0.1) is 11.8 Å². The Morgan fingerprint density at radius 3 is 2.90 bits per heavy atom. The average molecular weight is 279 g/mol. The van der Waals surface area contributed by atoms with Crippen molar-refractivity contribution in [2.24, 2.45) is 11.8 Å². The van der Waals surface area contributed by atoms with Crippen molar-refractivity contribution < 1.29 is 9.18 Å². The van der Waals surface area contributed by atoms with E-state index in [1.165, 1.54) is 6.07 Å². The van der Waals surface area contributed by atoms with E-state index in [1.54, 1.807) is 0 Å². The van der Waals surface area contributed by atoms with Crippen LogP contribution in [0.4, 0.5) is 10.2 Å². The lowest BCUT2D eigenvalue weighted by molar-refractivity contribution is 0.0627. The fourth-order valence-electron chi connectivity index (χ4n) is 2.53. The van der Waals surface area contributed by atoms with Crippen LogP contribution in [-0.2, 0) is 0 Å². The topological polar surface area (TPSA) is 45.2 Å². The van der Waals surface area contributed by atoms with Gasteiger partial charge in [0.2, 0.25) is 0 Å². The molecule has 2 rings (SSSR count). The Hall–Kier alpha value is -1.65. The van der Waals surface area contributed by atoms with Crippen LogP contribution in [0.5, 0.6) is 0 Å². The fraction of sp³-hybridized carbons (Fsp3) is 0.600. The minimum absolute atomic E-state index is 0.133. The summed E-state index contributed by atoms with van der Waals surface area (Å²) in [7, 11) is 0. The van der Waals surface area contributed by atoms with Gasteiger partial charge in [0, 0.05) is 19.6 Å². The lowest BCUT2D eigenvalue weighted by Gasteiger charge is -2.35. The standard InChI is InChI=1S/C15H22FN3O/c1-4-17-14-13(7-12(16)8-18-14)15(20)19-6-5-10(2)11(3)9-19/h7-8,10-11H,4-6,9H2,1-3H3,(H,17,18). The number of pyridine rings is 1. The van der Waals surface area contributed by atoms with E-state index in [1.807, 2.05) is 11.8 Å². The lowest BCUT2D eigenvalue weighted by Crippen LogP contribution is -2.42. The number of likely N-dealkylation sites (tertiary alicyclic amines) is 1. The molecule has 1 aromatic heterocycles. The van der Waals surface area contributed by atoms with E-state index in [0.29, 0.717) is 29.8 Å². The van der Waals surface area contributed by atoms with Crippen LogP contribution < -0.4 is 5.32 Å². The summed E-state index contributed by atoms with van der Waals surface area (Å²) in [5.74, 6) is 0.944. The Kier molecular flexibility index (Phi) is 4.57. The Bertz CT molecular complexity index is 492. The van der Waals surface area contributed by atoms with Crippen LogP contribution in [-0.4, -0.2) is 35.4 Å². The number of piperidine rings is 1. The molecule has 0 radical (unpaired) electrons. The van der Waals surface area contributed by atoms with Crippen molar-refractivity contribution in [1.82, 2.24) is 9.88 Å². The van der Waals surface area contributed by atoms with Crippen molar-refractivity contribution in [3.8, 4) is 0 Å². The molecular formula is C15H22FN3O. The number of hydrogen-bond donors (Lipinski definition) is 1. The summed E-state index contributed by atoms with van der Waals surface area (Å²) in [6.45, 7) is 8.38. The number of anilines is 1. The van der Waals surface area contributed by atoms with Crippen LogP contribution >= 0.6 is 0 Å². The van der Waals surface area contributed by atoms with Crippen molar-refractivity contribution in [2.45, 2.75) is 27.2 Å². The van der Waals surface area contributed by atoms with Gasteiger partial charge < -0.3 is 10.2 Å². The molecule has 5 heteroatoms. The maximum atomic E-state index is 13.4. The van der Waals surface area contributed by atoms with E-state index < -0.39 is 5.82 Å². The normalized spacial score (nSPS) is 22.7. The Morgan fingerprint density at radius 1 is 1.50 bits per heavy atom. The molecule has 0 bridgehead atoms. The summed E-state index contributed by atoms with van der Waals surface area (Å²) in [6, 6.07) is 1.27. The largest absolute Gasteiger partial charge is 0.370 e. The molecule has 1 amide bonds. The van der Waals surface area contributed by atoms with Crippen LogP contribution in [0.25, 0.3) is 0 Å². The molecule has 2 unspecified atom stereocenters. The molecule has 0 spiro atoms. The summed E-state index contributed by atoms with van der Waals surface area (Å²) in [5.41, 5.74) is 0.327. The molecule has 1 aliphatic rings. The first-order valence-corrected chi connectivity index (χ1v) is 7.21. The Labute approximate surface area is 119 Å². The number of carbonyl (C=O) groups excluding carboxylic acids is 1. The van der Waals surface area contributed by atoms with E-state index in [2.05, 4.69) is 24.1 Å². The third-order valence-electron chi connectivity index (χ3n) is 4.05. The van der Waals surface area contributed by atoms with Gasteiger partial charge in [-0.25, -0.2) is 9.37 Å². The smallest absolute Gasteiger partial charge is 0.257 e. The molecule has 4 nitrogen and oxygen atoms in total. The number of rotatable bonds is 3. The van der Waals surface area contributed by atoms with Crippen molar-refractivity contribution >= 4 is 11.7 Å². The quantitative estimate of drug-likeness (QED) is 0.925. The summed E-state index contributed by atoms with van der Waals surface area (Å²) < 4.78 is 13.4. The van der Waals surface area contributed by atoms with Gasteiger partial charge in [-0.3, -0.25) is 4.79 Å². The van der Waals surface area contributed by atoms with E-state index in [-0.39, 0.29) is 5.91 Å². The minimum atomic E-state index is -0.478. The Morgan fingerprint density at radius 2 is 2.25 bits per heavy atom. The molecule has 1 N–H and O–H groups in total. The molecule has 1 saturated heterocycles. The zero-order valence-corrected chi connectivity index (χ0v) is 12.3. The first kappa shape index (κ1) is 14.8. The maximum Gasteiger partial charge on any atom is 0.257 e. The average Bonchev–Trinajstić information content (AvgIpc) is 2.43. The van der Waals surface area contributed by atoms with Crippen molar-refractivity contribution in [1.29, 1.82) is 0 Å². The van der Waals surface area contributed by atoms with Crippen LogP contribution in [0.2, 0.25) is 0 Å². The van der Waals surface area contributed by atoms with Crippen molar-refractivity contribution in [3.63, 3.8) is 0 Å². The van der Waals surface area contributed by atoms with Crippen LogP contribution in [0.3, 0.4) is 0 Å². The predicted octanol–water partition coefficient (Wildman–Crippen LogP) is 2.77. The van der Waals surface area contributed by atoms with Gasteiger partial charge >= 0.3 is 0 Å². The van der Waals surface area contributed by atoms with Crippen molar-refractivity contribution in [3.05, 3.63) is 23.6 Å². The van der Waals surface area contributed by atoms with Gasteiger partial charge in [0.25, 0.3) is 5.91 Å². The third-order valence-corrected chi connectivity index (χ3v) is 4.05. The molecule has 2 heterocycles. The number of aromatic nitrogens is 1. The molecule has 0 aromatic carbocycles. The second-order valence-corrected chi connectivity index (χ2v) is 5.57. The molecule has 0 saturated carbocycles. The summed E-state index contributed by atoms with van der Waals surface area (Å²) in [5, 5.41) is 3.02. The fourth-order valence-corrected chi connectivity index (χ4v) is 2.53. The highest BCUT2D eigenvalue weighted by molar-refractivity contribution is 5.98. The zero-order chi connectivity index (χ0) is 14.7. The summed E-state index contributed by atoms with van der Waals surface area (Å²) in [4.78, 5) is 18.4. The predicted molar refractivity (Wildman–Crippen MR) is 77.2 cm³/mol. The molecule has 20 heavy (non-hydrogen) atoms. The first-order valence-electron chi connectivity index (χ1n) is 7.21. The van der Waals surface area contributed by atoms with E-state index in [4.69, 9.17) is 0 Å². The summed E-state index contributed by atoms with van der Waals surface area (Å²) in [6.07, 6.45) is 2.13. The second-order valence-electron chi connectivity index (χ2n) is 5.57. The van der Waals surface area contributed by atoms with Gasteiger partial charge in [-0.05, 0) is 31.2 Å². The highest BCUT2D eigenvalue weighted by Crippen LogP contribution is 2.25. The molecule has 2 atom stereocenters. The SMILES string of the molecule is CCNc1ncc(F)cc1C(=O)N1CCC(C)C(C)C1. The first-order chi connectivity index (χ1) is 9.52. The number of nitrogens with zero attached hydrogens (tertiary/aromatic N) is 2. The number of amides is 1. The third kappa shape index (κ3) is 3.08. The van der Waals surface area contributed by atoms with Gasteiger partial charge in [-0.1, -0.05) is 13.8 Å². The number of carbonyl (C=O) groups is 1. The van der Waals surface area contributed by atoms with Crippen LogP contribution in [0.1, 0.15) is 37.6 Å². The van der Waals surface area contributed by atoms with Crippen molar-refractivity contribution in [2.75, 3.05) is 25.0 Å². The van der Waals surface area contributed by atoms with Gasteiger partial charge in [0.1, 0.15) is 11.6 Å². The molecular weight excluding hydrogens is 257 g/mol. The highest BCUT2D eigenvalue weighted by atomic mass is 19.1. The molecule has 1 aliphatic heterocycles. The van der Waals surface area contributed by atoms with Gasteiger partial charge in [0.15, 0.2) is 0 Å². The molecule has 0 aliphatic carbocycles. The van der Waals surface area contributed by atoms with E-state index >= 15 is 0 Å². The lowest BCUT2D eigenvalue weighted by atomic mass is 9.88. The number of halogens is 1. The van der Waals surface area contributed by atoms with Crippen LogP contribution in [0.15, 0.2) is 12.3 Å². The van der Waals surface area contributed by atoms with E-state index in [0.717, 1.165) is 25.7 Å². The number of nitrogens with one attached hydrogen (secondary N) is 1. The zero-order valence-electron chi connectivity index (χ0n) is 12.3. The van der Waals surface area contributed by atoms with E-state index in [9.17, 15) is 9.18 Å².